The molecule has 0 aliphatic carbocycles. The van der Waals surface area contributed by atoms with Gasteiger partial charge in [0.05, 0.1) is 40.3 Å². The highest BCUT2D eigenvalue weighted by atomic mass is 35.5. The van der Waals surface area contributed by atoms with Crippen molar-refractivity contribution in [2.75, 3.05) is 32.1 Å². The lowest BCUT2D eigenvalue weighted by Gasteiger charge is -2.26. The molecule has 2 saturated heterocycles. The molecule has 5 heterocycles. The first kappa shape index (κ1) is 32.1. The number of nitrogens with zero attached hydrogens (tertiary/aromatic N) is 3. The van der Waals surface area contributed by atoms with E-state index in [0.717, 1.165) is 25.0 Å². The summed E-state index contributed by atoms with van der Waals surface area (Å²) in [7, 11) is 1.57. The predicted molar refractivity (Wildman–Crippen MR) is 176 cm³/mol. The van der Waals surface area contributed by atoms with E-state index in [1.807, 2.05) is 12.1 Å². The zero-order chi connectivity index (χ0) is 32.0. The van der Waals surface area contributed by atoms with Crippen molar-refractivity contribution in [2.24, 2.45) is 0 Å². The fourth-order valence-corrected chi connectivity index (χ4v) is 6.00. The molecule has 4 aromatic rings. The molecule has 0 spiro atoms. The Morgan fingerprint density at radius 3 is 2.54 bits per heavy atom. The number of halogens is 3. The third-order valence-corrected chi connectivity index (χ3v) is 8.84. The lowest BCUT2D eigenvalue weighted by Crippen LogP contribution is -2.37. The number of hydrogen-bond acceptors (Lipinski definition) is 9. The number of ether oxygens (including phenoxy) is 2. The smallest absolute Gasteiger partial charge is 0.220 e. The van der Waals surface area contributed by atoms with Crippen molar-refractivity contribution in [2.45, 2.75) is 44.5 Å². The number of aromatic nitrogens is 3. The summed E-state index contributed by atoms with van der Waals surface area (Å²) in [5, 5.41) is 13.3. The van der Waals surface area contributed by atoms with Crippen LogP contribution in [0.15, 0.2) is 54.9 Å². The van der Waals surface area contributed by atoms with Gasteiger partial charge in [-0.2, -0.15) is 0 Å². The number of methoxy groups -OCH3 is 1. The minimum atomic E-state index is -0.465. The fraction of sp³-hybridized carbons (Fsp3) is 0.333. The lowest BCUT2D eigenvalue weighted by atomic mass is 10.1. The minimum Gasteiger partial charge on any atom is -0.481 e. The molecule has 10 nitrogen and oxygen atoms in total. The van der Waals surface area contributed by atoms with Gasteiger partial charge in [0, 0.05) is 79.9 Å². The Labute approximate surface area is 276 Å². The first-order valence-electron chi connectivity index (χ1n) is 15.1. The van der Waals surface area contributed by atoms with Crippen molar-refractivity contribution in [1.29, 1.82) is 0 Å². The molecule has 1 aromatic carbocycles. The molecule has 3 aromatic heterocycles. The average molecular weight is 667 g/mol. The van der Waals surface area contributed by atoms with Crippen LogP contribution < -0.4 is 26.0 Å². The van der Waals surface area contributed by atoms with E-state index in [9.17, 15) is 4.79 Å². The molecule has 13 heteroatoms. The number of rotatable bonds is 13. The van der Waals surface area contributed by atoms with Crippen molar-refractivity contribution < 1.29 is 18.7 Å². The zero-order valence-electron chi connectivity index (χ0n) is 25.2. The van der Waals surface area contributed by atoms with Gasteiger partial charge in [-0.05, 0) is 37.1 Å². The Morgan fingerprint density at radius 1 is 0.978 bits per heavy atom. The topological polar surface area (TPSA) is 122 Å². The Hall–Kier alpha value is -3.87. The predicted octanol–water partition coefficient (Wildman–Crippen LogP) is 5.65. The zero-order valence-corrected chi connectivity index (χ0v) is 26.7. The Balaban J connectivity index is 1.19. The molecule has 0 bridgehead atoms. The van der Waals surface area contributed by atoms with Crippen LogP contribution in [0.5, 0.6) is 5.88 Å². The van der Waals surface area contributed by atoms with E-state index in [1.54, 1.807) is 49.8 Å². The molecule has 6 rings (SSSR count). The number of benzene rings is 1. The minimum absolute atomic E-state index is 0.0601. The summed E-state index contributed by atoms with van der Waals surface area (Å²) >= 11 is 13.8. The van der Waals surface area contributed by atoms with E-state index in [2.05, 4.69) is 31.2 Å². The highest BCUT2D eigenvalue weighted by Crippen LogP contribution is 2.41. The molecular weight excluding hydrogens is 632 g/mol. The maximum Gasteiger partial charge on any atom is 0.220 e. The monoisotopic (exact) mass is 665 g/mol. The average Bonchev–Trinajstić information content (AvgIpc) is 3.46. The Kier molecular flexibility index (Phi) is 10.3. The van der Waals surface area contributed by atoms with Gasteiger partial charge in [-0.15, -0.1) is 0 Å². The fourth-order valence-electron chi connectivity index (χ4n) is 5.43. The molecule has 46 heavy (non-hydrogen) atoms. The number of hydrogen-bond donors (Lipinski definition) is 4. The van der Waals surface area contributed by atoms with Crippen molar-refractivity contribution >= 4 is 40.6 Å². The van der Waals surface area contributed by atoms with E-state index in [0.29, 0.717) is 82.3 Å². The van der Waals surface area contributed by atoms with E-state index in [4.69, 9.17) is 37.7 Å². The van der Waals surface area contributed by atoms with Crippen molar-refractivity contribution in [3.8, 4) is 28.4 Å². The standard InChI is InChI=1S/C33H34Cl2FN7O3/c1-45-33-20(16-37-17-21-6-8-27(44)41-21)5-7-25(43-33)23-10-13-39-31(29(23)35)24-3-2-4-26(28(24)34)42-32-30(36)19(9-12-40-32)15-38-18-22-11-14-46-22/h2-5,7,9-10,12-13,21-22,37-38H,6,8,11,14-18H2,1H3,(H,40,42)(H,41,44)/t21-,22+/m0/s1. The molecule has 2 aliphatic rings. The van der Waals surface area contributed by atoms with E-state index in [1.165, 1.54) is 0 Å². The quantitative estimate of drug-likeness (QED) is 0.143. The van der Waals surface area contributed by atoms with Crippen molar-refractivity contribution in [1.82, 2.24) is 30.9 Å². The van der Waals surface area contributed by atoms with E-state index >= 15 is 4.39 Å². The van der Waals surface area contributed by atoms with Gasteiger partial charge in [-0.3, -0.25) is 9.78 Å². The van der Waals surface area contributed by atoms with Crippen LogP contribution in [0.25, 0.3) is 22.5 Å². The van der Waals surface area contributed by atoms with Gasteiger partial charge < -0.3 is 30.7 Å². The van der Waals surface area contributed by atoms with Crippen LogP contribution in [0.1, 0.15) is 30.4 Å². The lowest BCUT2D eigenvalue weighted by molar-refractivity contribution is -0.119. The number of pyridine rings is 3. The second kappa shape index (κ2) is 14.7. The van der Waals surface area contributed by atoms with Crippen LogP contribution in [-0.4, -0.2) is 59.8 Å². The van der Waals surface area contributed by atoms with Gasteiger partial charge >= 0.3 is 0 Å². The third kappa shape index (κ3) is 7.24. The number of anilines is 2. The van der Waals surface area contributed by atoms with Crippen molar-refractivity contribution in [3.05, 3.63) is 81.8 Å². The maximum absolute atomic E-state index is 15.4. The van der Waals surface area contributed by atoms with E-state index < -0.39 is 5.82 Å². The Morgan fingerprint density at radius 2 is 1.78 bits per heavy atom. The number of carbonyl (C=O) groups is 1. The molecule has 2 fully saturated rings. The number of nitrogens with one attached hydrogen (secondary N) is 4. The molecule has 0 unspecified atom stereocenters. The van der Waals surface area contributed by atoms with Crippen LogP contribution >= 0.6 is 23.2 Å². The van der Waals surface area contributed by atoms with Gasteiger partial charge in [-0.1, -0.05) is 41.4 Å². The third-order valence-electron chi connectivity index (χ3n) is 8.05. The summed E-state index contributed by atoms with van der Waals surface area (Å²) in [5.74, 6) is 0.142. The summed E-state index contributed by atoms with van der Waals surface area (Å²) < 4.78 is 26.4. The molecule has 0 radical (unpaired) electrons. The largest absolute Gasteiger partial charge is 0.481 e. The van der Waals surface area contributed by atoms with Gasteiger partial charge in [0.1, 0.15) is 0 Å². The molecule has 1 amide bonds. The van der Waals surface area contributed by atoms with E-state index in [-0.39, 0.29) is 23.9 Å². The molecule has 2 aliphatic heterocycles. The second-order valence-electron chi connectivity index (χ2n) is 11.2. The van der Waals surface area contributed by atoms with Crippen molar-refractivity contribution in [3.63, 3.8) is 0 Å². The highest BCUT2D eigenvalue weighted by Gasteiger charge is 2.22. The normalized spacial score (nSPS) is 17.4. The van der Waals surface area contributed by atoms with Crippen LogP contribution in [0.4, 0.5) is 15.9 Å². The van der Waals surface area contributed by atoms with Gasteiger partial charge in [0.15, 0.2) is 11.6 Å². The molecular formula is C33H34Cl2FN7O3. The molecule has 0 saturated carbocycles. The summed E-state index contributed by atoms with van der Waals surface area (Å²) in [6, 6.07) is 12.7. The van der Waals surface area contributed by atoms with Crippen LogP contribution in [0.2, 0.25) is 10.0 Å². The van der Waals surface area contributed by atoms with Crippen LogP contribution in [0, 0.1) is 5.82 Å². The Bertz CT molecular complexity index is 1720. The molecule has 240 valence electrons. The first-order chi connectivity index (χ1) is 22.4. The van der Waals surface area contributed by atoms with Crippen LogP contribution in [0.3, 0.4) is 0 Å². The molecule has 4 N–H and O–H groups in total. The maximum atomic E-state index is 15.4. The van der Waals surface area contributed by atoms with Gasteiger partial charge in [0.25, 0.3) is 0 Å². The van der Waals surface area contributed by atoms with Gasteiger partial charge in [0.2, 0.25) is 11.8 Å². The summed E-state index contributed by atoms with van der Waals surface area (Å²) in [6.07, 6.45) is 5.76. The summed E-state index contributed by atoms with van der Waals surface area (Å²) in [6.45, 7) is 2.97. The number of carbonyl (C=O) groups excluding carboxylic acids is 1. The number of amides is 1. The van der Waals surface area contributed by atoms with Gasteiger partial charge in [-0.25, -0.2) is 14.4 Å². The highest BCUT2D eigenvalue weighted by molar-refractivity contribution is 6.39. The molecule has 2 atom stereocenters. The van der Waals surface area contributed by atoms with Crippen LogP contribution in [-0.2, 0) is 22.6 Å². The summed E-state index contributed by atoms with van der Waals surface area (Å²) in [5.41, 5.74) is 4.06. The SMILES string of the molecule is COc1nc(-c2ccnc(-c3cccc(Nc4nccc(CNC[C@H]5CCO5)c4F)c3Cl)c2Cl)ccc1CNC[C@@H]1CCC(=O)N1. The first-order valence-corrected chi connectivity index (χ1v) is 15.9. The second-order valence-corrected chi connectivity index (χ2v) is 11.9. The summed E-state index contributed by atoms with van der Waals surface area (Å²) in [4.78, 5) is 24.9.